The summed E-state index contributed by atoms with van der Waals surface area (Å²) in [5.74, 6) is -1.08. The van der Waals surface area contributed by atoms with E-state index in [-0.39, 0.29) is 5.92 Å². The molecule has 1 aliphatic carbocycles. The van der Waals surface area contributed by atoms with Crippen LogP contribution in [-0.2, 0) is 19.4 Å². The van der Waals surface area contributed by atoms with Crippen LogP contribution in [0, 0.1) is 5.92 Å². The molecule has 0 unspecified atom stereocenters. The van der Waals surface area contributed by atoms with Gasteiger partial charge in [-0.15, -0.1) is 0 Å². The highest BCUT2D eigenvalue weighted by Crippen LogP contribution is 2.26. The van der Waals surface area contributed by atoms with Crippen molar-refractivity contribution in [1.29, 1.82) is 0 Å². The molecular weight excluding hydrogens is 254 g/mol. The van der Waals surface area contributed by atoms with E-state index < -0.39 is 27.7 Å². The third kappa shape index (κ3) is 3.90. The van der Waals surface area contributed by atoms with Gasteiger partial charge in [-0.2, -0.15) is 8.78 Å². The fourth-order valence-corrected chi connectivity index (χ4v) is 1.99. The predicted octanol–water partition coefficient (Wildman–Crippen LogP) is 1.75. The van der Waals surface area contributed by atoms with E-state index >= 15 is 0 Å². The zero-order valence-electron chi connectivity index (χ0n) is 9.62. The highest BCUT2D eigenvalue weighted by Gasteiger charge is 2.43. The molecule has 0 atom stereocenters. The molecule has 0 aromatic carbocycles. The number of carbonyl (C=O) groups excluding carboxylic acids is 1. The summed E-state index contributed by atoms with van der Waals surface area (Å²) in [6, 6.07) is 0. The van der Waals surface area contributed by atoms with Gasteiger partial charge in [0, 0.05) is 6.26 Å². The van der Waals surface area contributed by atoms with E-state index in [9.17, 15) is 22.0 Å². The lowest BCUT2D eigenvalue weighted by atomic mass is 9.89. The Morgan fingerprint density at radius 2 is 1.82 bits per heavy atom. The number of rotatable bonds is 4. The second-order valence-electron chi connectivity index (χ2n) is 4.35. The van der Waals surface area contributed by atoms with E-state index in [0.717, 1.165) is 19.3 Å². The number of esters is 1. The summed E-state index contributed by atoms with van der Waals surface area (Å²) in [4.78, 5) is 11.4. The van der Waals surface area contributed by atoms with E-state index in [2.05, 4.69) is 4.74 Å². The smallest absolute Gasteiger partial charge is 0.378 e. The molecule has 0 heterocycles. The van der Waals surface area contributed by atoms with Gasteiger partial charge in [-0.3, -0.25) is 4.79 Å². The van der Waals surface area contributed by atoms with Gasteiger partial charge in [0.15, 0.2) is 6.61 Å². The van der Waals surface area contributed by atoms with Crippen molar-refractivity contribution in [2.24, 2.45) is 5.92 Å². The van der Waals surface area contributed by atoms with Gasteiger partial charge < -0.3 is 4.74 Å². The van der Waals surface area contributed by atoms with Crippen LogP contribution < -0.4 is 0 Å². The maximum absolute atomic E-state index is 13.0. The Morgan fingerprint density at radius 1 is 1.29 bits per heavy atom. The SMILES string of the molecule is CS(=O)(=O)C(F)(F)COC(=O)C1CCCCC1. The molecule has 1 saturated carbocycles. The normalized spacial score (nSPS) is 19.0. The van der Waals surface area contributed by atoms with Crippen molar-refractivity contribution in [2.45, 2.75) is 37.4 Å². The Kier molecular flexibility index (Phi) is 4.46. The van der Waals surface area contributed by atoms with Crippen molar-refractivity contribution >= 4 is 15.8 Å². The van der Waals surface area contributed by atoms with Crippen LogP contribution in [-0.4, -0.2) is 32.5 Å². The maximum atomic E-state index is 13.0. The molecule has 0 spiro atoms. The second-order valence-corrected chi connectivity index (χ2v) is 6.49. The van der Waals surface area contributed by atoms with Gasteiger partial charge in [-0.25, -0.2) is 8.42 Å². The maximum Gasteiger partial charge on any atom is 0.378 e. The molecule has 17 heavy (non-hydrogen) atoms. The average Bonchev–Trinajstić information content (AvgIpc) is 2.25. The van der Waals surface area contributed by atoms with E-state index in [0.29, 0.717) is 19.1 Å². The molecule has 0 aromatic heterocycles. The van der Waals surface area contributed by atoms with Crippen LogP contribution in [0.25, 0.3) is 0 Å². The van der Waals surface area contributed by atoms with Crippen LogP contribution in [0.5, 0.6) is 0 Å². The molecule has 7 heteroatoms. The zero-order valence-corrected chi connectivity index (χ0v) is 10.4. The lowest BCUT2D eigenvalue weighted by molar-refractivity contribution is -0.155. The third-order valence-corrected chi connectivity index (χ3v) is 4.07. The van der Waals surface area contributed by atoms with Gasteiger partial charge in [-0.1, -0.05) is 19.3 Å². The molecule has 1 fully saturated rings. The lowest BCUT2D eigenvalue weighted by Gasteiger charge is -2.21. The minimum atomic E-state index is -4.54. The van der Waals surface area contributed by atoms with Gasteiger partial charge in [0.05, 0.1) is 5.92 Å². The van der Waals surface area contributed by atoms with Crippen LogP contribution in [0.15, 0.2) is 0 Å². The number of sulfone groups is 1. The Labute approximate surface area is 99.2 Å². The molecule has 0 saturated heterocycles. The number of carbonyl (C=O) groups is 1. The summed E-state index contributed by atoms with van der Waals surface area (Å²) in [7, 11) is -4.54. The molecule has 0 bridgehead atoms. The molecule has 0 amide bonds. The van der Waals surface area contributed by atoms with Crippen LogP contribution in [0.4, 0.5) is 8.78 Å². The summed E-state index contributed by atoms with van der Waals surface area (Å²) in [6.07, 6.45) is 4.46. The average molecular weight is 270 g/mol. The molecule has 0 N–H and O–H groups in total. The number of halogens is 2. The Hall–Kier alpha value is -0.720. The molecule has 1 rings (SSSR count). The monoisotopic (exact) mass is 270 g/mol. The van der Waals surface area contributed by atoms with Crippen molar-refractivity contribution in [3.63, 3.8) is 0 Å². The first-order valence-electron chi connectivity index (χ1n) is 5.48. The van der Waals surface area contributed by atoms with E-state index in [1.807, 2.05) is 0 Å². The largest absolute Gasteiger partial charge is 0.458 e. The Bertz CT molecular complexity index is 372. The van der Waals surface area contributed by atoms with E-state index in [4.69, 9.17) is 0 Å². The van der Waals surface area contributed by atoms with Gasteiger partial charge in [-0.05, 0) is 12.8 Å². The summed E-state index contributed by atoms with van der Waals surface area (Å²) >= 11 is 0. The van der Waals surface area contributed by atoms with Crippen LogP contribution in [0.2, 0.25) is 0 Å². The van der Waals surface area contributed by atoms with Gasteiger partial charge in [0.25, 0.3) is 0 Å². The van der Waals surface area contributed by atoms with Crippen molar-refractivity contribution in [2.75, 3.05) is 12.9 Å². The van der Waals surface area contributed by atoms with Crippen LogP contribution in [0.1, 0.15) is 32.1 Å². The first-order valence-corrected chi connectivity index (χ1v) is 7.37. The summed E-state index contributed by atoms with van der Waals surface area (Å²) in [5, 5.41) is -4.00. The van der Waals surface area contributed by atoms with Gasteiger partial charge in [0.1, 0.15) is 0 Å². The number of hydrogen-bond donors (Lipinski definition) is 0. The van der Waals surface area contributed by atoms with Gasteiger partial charge in [0.2, 0.25) is 9.84 Å². The third-order valence-electron chi connectivity index (χ3n) is 2.86. The molecule has 100 valence electrons. The lowest BCUT2D eigenvalue weighted by Crippen LogP contribution is -2.35. The molecule has 4 nitrogen and oxygen atoms in total. The molecule has 0 aliphatic heterocycles. The van der Waals surface area contributed by atoms with Gasteiger partial charge >= 0.3 is 11.2 Å². The summed E-state index contributed by atoms with van der Waals surface area (Å²) < 4.78 is 51.8. The van der Waals surface area contributed by atoms with Crippen molar-refractivity contribution in [3.05, 3.63) is 0 Å². The summed E-state index contributed by atoms with van der Waals surface area (Å²) in [5.41, 5.74) is 0. The predicted molar refractivity (Wildman–Crippen MR) is 57.3 cm³/mol. The van der Waals surface area contributed by atoms with Crippen LogP contribution >= 0.6 is 0 Å². The first-order chi connectivity index (χ1) is 7.74. The first kappa shape index (κ1) is 14.3. The minimum Gasteiger partial charge on any atom is -0.458 e. The number of alkyl halides is 2. The van der Waals surface area contributed by atoms with E-state index in [1.165, 1.54) is 0 Å². The van der Waals surface area contributed by atoms with Crippen molar-refractivity contribution < 1.29 is 26.7 Å². The van der Waals surface area contributed by atoms with E-state index in [1.54, 1.807) is 0 Å². The minimum absolute atomic E-state index is 0.362. The summed E-state index contributed by atoms with van der Waals surface area (Å²) in [6.45, 7) is -1.39. The highest BCUT2D eigenvalue weighted by molar-refractivity contribution is 7.91. The molecular formula is C10H16F2O4S. The quantitative estimate of drug-likeness (QED) is 0.730. The van der Waals surface area contributed by atoms with Crippen molar-refractivity contribution in [3.8, 4) is 0 Å². The number of ether oxygens (including phenoxy) is 1. The van der Waals surface area contributed by atoms with Crippen LogP contribution in [0.3, 0.4) is 0 Å². The standard InChI is InChI=1S/C10H16F2O4S/c1-17(14,15)10(11,12)7-16-9(13)8-5-3-2-4-6-8/h8H,2-7H2,1H3. The molecule has 0 aromatic rings. The second kappa shape index (κ2) is 5.29. The molecule has 0 radical (unpaired) electrons. The Balaban J connectivity index is 2.47. The highest BCUT2D eigenvalue weighted by atomic mass is 32.2. The Morgan fingerprint density at radius 3 is 2.29 bits per heavy atom. The van der Waals surface area contributed by atoms with Crippen molar-refractivity contribution in [1.82, 2.24) is 0 Å². The topological polar surface area (TPSA) is 60.4 Å². The fraction of sp³-hybridized carbons (Fsp3) is 0.900. The molecule has 1 aliphatic rings. The number of hydrogen-bond acceptors (Lipinski definition) is 4. The zero-order chi connectivity index (χ0) is 13.1. The fourth-order valence-electron chi connectivity index (χ4n) is 1.72.